The average Bonchev–Trinajstić information content (AvgIpc) is 2.21. The summed E-state index contributed by atoms with van der Waals surface area (Å²) < 4.78 is 0. The first-order chi connectivity index (χ1) is 6.75. The topological polar surface area (TPSA) is 12.0 Å². The number of nitrogens with one attached hydrogen (secondary N) is 1. The van der Waals surface area contributed by atoms with Gasteiger partial charge in [-0.2, -0.15) is 0 Å². The maximum atomic E-state index is 3.84. The Bertz CT molecular complexity index is 361. The summed E-state index contributed by atoms with van der Waals surface area (Å²) >= 11 is 0. The highest BCUT2D eigenvalue weighted by Gasteiger charge is 2.04. The predicted molar refractivity (Wildman–Crippen MR) is 64.3 cm³/mol. The Hall–Kier alpha value is -1.50. The van der Waals surface area contributed by atoms with Crippen LogP contribution in [0.3, 0.4) is 0 Å². The maximum Gasteiger partial charge on any atom is 0.0457 e. The van der Waals surface area contributed by atoms with Crippen LogP contribution in [0.15, 0.2) is 36.6 Å². The molecule has 1 N–H and O–H groups in total. The molecule has 0 aromatic heterocycles. The molecule has 0 spiro atoms. The maximum absolute atomic E-state index is 3.84. The van der Waals surface area contributed by atoms with Crippen LogP contribution in [-0.4, -0.2) is 0 Å². The second-order valence-corrected chi connectivity index (χ2v) is 3.07. The Labute approximate surface area is 86.2 Å². The summed E-state index contributed by atoms with van der Waals surface area (Å²) in [5.41, 5.74) is 4.62. The number of anilines is 1. The molecule has 0 radical (unpaired) electrons. The summed E-state index contributed by atoms with van der Waals surface area (Å²) in [7, 11) is 0. The molecule has 1 heteroatoms. The van der Waals surface area contributed by atoms with Gasteiger partial charge >= 0.3 is 0 Å². The van der Waals surface area contributed by atoms with Gasteiger partial charge in [-0.3, -0.25) is 0 Å². The third-order valence-electron chi connectivity index (χ3n) is 1.97. The van der Waals surface area contributed by atoms with Crippen LogP contribution in [0.2, 0.25) is 0 Å². The second-order valence-electron chi connectivity index (χ2n) is 3.07. The molecule has 0 aliphatic carbocycles. The fraction of sp³-hybridized carbons (Fsp3) is 0.231. The van der Waals surface area contributed by atoms with Gasteiger partial charge in [0.05, 0.1) is 0 Å². The third kappa shape index (κ3) is 2.25. The molecule has 1 aromatic carbocycles. The van der Waals surface area contributed by atoms with Crippen molar-refractivity contribution >= 4 is 11.8 Å². The highest BCUT2D eigenvalue weighted by Crippen LogP contribution is 2.24. The Morgan fingerprint density at radius 3 is 2.57 bits per heavy atom. The van der Waals surface area contributed by atoms with Crippen LogP contribution in [-0.2, 0) is 0 Å². The lowest BCUT2D eigenvalue weighted by molar-refractivity contribution is 1.40. The molecule has 0 saturated heterocycles. The van der Waals surface area contributed by atoms with Crippen LogP contribution in [0.5, 0.6) is 0 Å². The van der Waals surface area contributed by atoms with E-state index in [2.05, 4.69) is 43.1 Å². The largest absolute Gasteiger partial charge is 0.356 e. The number of hydrogen-bond acceptors (Lipinski definition) is 1. The Balaban J connectivity index is 0.000000461. The van der Waals surface area contributed by atoms with Gasteiger partial charge < -0.3 is 5.32 Å². The van der Waals surface area contributed by atoms with Gasteiger partial charge in [-0.25, -0.2) is 0 Å². The Morgan fingerprint density at radius 2 is 1.86 bits per heavy atom. The molecule has 0 fully saturated rings. The van der Waals surface area contributed by atoms with Gasteiger partial charge in [0.15, 0.2) is 0 Å². The van der Waals surface area contributed by atoms with Crippen molar-refractivity contribution in [1.29, 1.82) is 0 Å². The molecule has 74 valence electrons. The van der Waals surface area contributed by atoms with E-state index < -0.39 is 0 Å². The van der Waals surface area contributed by atoms with E-state index in [1.54, 1.807) is 0 Å². The summed E-state index contributed by atoms with van der Waals surface area (Å²) in [5, 5.41) is 3.21. The predicted octanol–water partition coefficient (Wildman–Crippen LogP) is 3.97. The zero-order chi connectivity index (χ0) is 10.6. The van der Waals surface area contributed by atoms with E-state index in [4.69, 9.17) is 0 Å². The van der Waals surface area contributed by atoms with Crippen LogP contribution in [0, 0.1) is 6.92 Å². The third-order valence-corrected chi connectivity index (χ3v) is 1.97. The van der Waals surface area contributed by atoms with Gasteiger partial charge in [-0.15, -0.1) is 0 Å². The molecule has 1 nitrogen and oxygen atoms in total. The Morgan fingerprint density at radius 1 is 1.14 bits per heavy atom. The van der Waals surface area contributed by atoms with Crippen molar-refractivity contribution in [1.82, 2.24) is 0 Å². The van der Waals surface area contributed by atoms with Crippen molar-refractivity contribution < 1.29 is 0 Å². The minimum Gasteiger partial charge on any atom is -0.356 e. The molecule has 0 bridgehead atoms. The lowest BCUT2D eigenvalue weighted by Crippen LogP contribution is -2.01. The molecular formula is C13H17N. The van der Waals surface area contributed by atoms with Crippen LogP contribution in [0.1, 0.15) is 25.0 Å². The SMILES string of the molecule is C=C1C=Cc2cc(C)ccc2N1.CC. The minimum atomic E-state index is 0.950. The van der Waals surface area contributed by atoms with E-state index in [-0.39, 0.29) is 0 Å². The molecule has 1 aliphatic rings. The quantitative estimate of drug-likeness (QED) is 0.648. The first kappa shape index (κ1) is 10.6. The van der Waals surface area contributed by atoms with Crippen molar-refractivity contribution in [3.63, 3.8) is 0 Å². The van der Waals surface area contributed by atoms with Crippen molar-refractivity contribution in [2.45, 2.75) is 20.8 Å². The molecule has 0 amide bonds. The number of benzene rings is 1. The summed E-state index contributed by atoms with van der Waals surface area (Å²) in [4.78, 5) is 0. The number of fused-ring (bicyclic) bond motifs is 1. The number of hydrogen-bond donors (Lipinski definition) is 1. The first-order valence-corrected chi connectivity index (χ1v) is 5.00. The van der Waals surface area contributed by atoms with E-state index in [0.717, 1.165) is 11.4 Å². The van der Waals surface area contributed by atoms with E-state index in [1.807, 2.05) is 19.9 Å². The number of aryl methyl sites for hydroxylation is 1. The lowest BCUT2D eigenvalue weighted by atomic mass is 10.1. The monoisotopic (exact) mass is 187 g/mol. The highest BCUT2D eigenvalue weighted by atomic mass is 14.9. The van der Waals surface area contributed by atoms with Gasteiger partial charge in [0, 0.05) is 11.4 Å². The highest BCUT2D eigenvalue weighted by molar-refractivity contribution is 5.74. The van der Waals surface area contributed by atoms with Gasteiger partial charge in [0.2, 0.25) is 0 Å². The van der Waals surface area contributed by atoms with E-state index in [9.17, 15) is 0 Å². The molecule has 0 unspecified atom stereocenters. The normalized spacial score (nSPS) is 12.4. The zero-order valence-corrected chi connectivity index (χ0v) is 9.09. The number of allylic oxidation sites excluding steroid dienone is 1. The zero-order valence-electron chi connectivity index (χ0n) is 9.09. The molecule has 0 atom stereocenters. The fourth-order valence-corrected chi connectivity index (χ4v) is 1.34. The van der Waals surface area contributed by atoms with Crippen molar-refractivity contribution in [2.75, 3.05) is 5.32 Å². The Kier molecular flexibility index (Phi) is 3.52. The van der Waals surface area contributed by atoms with Crippen molar-refractivity contribution in [3.8, 4) is 0 Å². The van der Waals surface area contributed by atoms with Crippen LogP contribution in [0.4, 0.5) is 5.69 Å². The summed E-state index contributed by atoms with van der Waals surface area (Å²) in [6.45, 7) is 9.93. The number of rotatable bonds is 0. The van der Waals surface area contributed by atoms with Crippen LogP contribution in [0.25, 0.3) is 6.08 Å². The fourth-order valence-electron chi connectivity index (χ4n) is 1.34. The standard InChI is InChI=1S/C11H11N.C2H6/c1-8-3-6-11-10(7-8)5-4-9(2)12-11;1-2/h3-7,12H,2H2,1H3;1-2H3. The molecule has 14 heavy (non-hydrogen) atoms. The average molecular weight is 187 g/mol. The van der Waals surface area contributed by atoms with Gasteiger partial charge in [-0.05, 0) is 30.7 Å². The van der Waals surface area contributed by atoms with Gasteiger partial charge in [0.1, 0.15) is 0 Å². The molecule has 0 saturated carbocycles. The summed E-state index contributed by atoms with van der Waals surface area (Å²) in [6.07, 6.45) is 4.07. The first-order valence-electron chi connectivity index (χ1n) is 5.00. The molecular weight excluding hydrogens is 170 g/mol. The smallest absolute Gasteiger partial charge is 0.0457 e. The van der Waals surface area contributed by atoms with Crippen molar-refractivity contribution in [3.05, 3.63) is 47.7 Å². The van der Waals surface area contributed by atoms with E-state index in [0.29, 0.717) is 0 Å². The molecule has 1 heterocycles. The minimum absolute atomic E-state index is 0.950. The second kappa shape index (κ2) is 4.66. The lowest BCUT2D eigenvalue weighted by Gasteiger charge is -2.14. The molecule has 2 rings (SSSR count). The molecule has 1 aliphatic heterocycles. The van der Waals surface area contributed by atoms with E-state index >= 15 is 0 Å². The molecule has 1 aromatic rings. The van der Waals surface area contributed by atoms with Crippen molar-refractivity contribution in [2.24, 2.45) is 0 Å². The summed E-state index contributed by atoms with van der Waals surface area (Å²) in [5.74, 6) is 0. The van der Waals surface area contributed by atoms with E-state index in [1.165, 1.54) is 11.1 Å². The summed E-state index contributed by atoms with van der Waals surface area (Å²) in [6, 6.07) is 6.34. The van der Waals surface area contributed by atoms with Crippen LogP contribution < -0.4 is 5.32 Å². The van der Waals surface area contributed by atoms with Gasteiger partial charge in [0.25, 0.3) is 0 Å². The van der Waals surface area contributed by atoms with Gasteiger partial charge in [-0.1, -0.05) is 38.1 Å². The van der Waals surface area contributed by atoms with Crippen LogP contribution >= 0.6 is 0 Å².